The second-order valence-corrected chi connectivity index (χ2v) is 3.08. The van der Waals surface area contributed by atoms with E-state index in [2.05, 4.69) is 17.1 Å². The van der Waals surface area contributed by atoms with E-state index in [9.17, 15) is 0 Å². The van der Waals surface area contributed by atoms with Crippen LogP contribution in [-0.4, -0.2) is 4.98 Å². The molecule has 2 aromatic rings. The van der Waals surface area contributed by atoms with Crippen LogP contribution in [0.4, 0.5) is 0 Å². The summed E-state index contributed by atoms with van der Waals surface area (Å²) in [6, 6.07) is 8.16. The van der Waals surface area contributed by atoms with Crippen LogP contribution in [0.1, 0.15) is 11.3 Å². The quantitative estimate of drug-likeness (QED) is 0.639. The molecule has 0 spiro atoms. The molecular formula is C10H13N3. The van der Waals surface area contributed by atoms with Gasteiger partial charge in [0.2, 0.25) is 0 Å². The first kappa shape index (κ1) is 8.29. The van der Waals surface area contributed by atoms with Crippen molar-refractivity contribution in [2.45, 2.75) is 13.1 Å². The Morgan fingerprint density at radius 2 is 2.00 bits per heavy atom. The van der Waals surface area contributed by atoms with Gasteiger partial charge in [-0.3, -0.25) is 0 Å². The van der Waals surface area contributed by atoms with Crippen LogP contribution in [0.15, 0.2) is 24.3 Å². The lowest BCUT2D eigenvalue weighted by molar-refractivity contribution is 1.01. The fourth-order valence-corrected chi connectivity index (χ4v) is 1.56. The number of hydrogen-bond donors (Lipinski definition) is 3. The van der Waals surface area contributed by atoms with Crippen molar-refractivity contribution < 1.29 is 0 Å². The maximum Gasteiger partial charge on any atom is 0.0501 e. The Hall–Kier alpha value is -1.32. The van der Waals surface area contributed by atoms with E-state index in [-0.39, 0.29) is 0 Å². The minimum atomic E-state index is 0.540. The van der Waals surface area contributed by atoms with Gasteiger partial charge in [0.1, 0.15) is 0 Å². The second-order valence-electron chi connectivity index (χ2n) is 3.08. The molecule has 0 saturated carbocycles. The molecule has 1 heterocycles. The first-order chi connectivity index (χ1) is 6.35. The van der Waals surface area contributed by atoms with Crippen LogP contribution < -0.4 is 11.5 Å². The van der Waals surface area contributed by atoms with E-state index in [0.717, 1.165) is 16.8 Å². The van der Waals surface area contributed by atoms with Gasteiger partial charge in [-0.2, -0.15) is 0 Å². The number of aromatic amines is 1. The third-order valence-electron chi connectivity index (χ3n) is 2.24. The molecule has 1 aromatic heterocycles. The van der Waals surface area contributed by atoms with E-state index < -0.39 is 0 Å². The Balaban J connectivity index is 2.67. The average Bonchev–Trinajstić information content (AvgIpc) is 2.59. The molecule has 1 aromatic carbocycles. The van der Waals surface area contributed by atoms with Crippen LogP contribution in [0.3, 0.4) is 0 Å². The highest BCUT2D eigenvalue weighted by Gasteiger charge is 2.02. The van der Waals surface area contributed by atoms with Gasteiger partial charge in [0.05, 0.1) is 5.52 Å². The third-order valence-corrected chi connectivity index (χ3v) is 2.24. The van der Waals surface area contributed by atoms with E-state index in [0.29, 0.717) is 13.1 Å². The van der Waals surface area contributed by atoms with Gasteiger partial charge in [-0.1, -0.05) is 18.2 Å². The number of rotatable bonds is 2. The third kappa shape index (κ3) is 1.32. The van der Waals surface area contributed by atoms with Gasteiger partial charge in [-0.15, -0.1) is 0 Å². The second kappa shape index (κ2) is 3.20. The lowest BCUT2D eigenvalue weighted by Gasteiger charge is -1.97. The molecule has 0 aliphatic rings. The Kier molecular flexibility index (Phi) is 2.04. The van der Waals surface area contributed by atoms with Gasteiger partial charge >= 0.3 is 0 Å². The number of H-pyrrole nitrogens is 1. The van der Waals surface area contributed by atoms with Crippen molar-refractivity contribution in [3.8, 4) is 0 Å². The SMILES string of the molecule is NCc1cc2cccc(CN)c2[nH]1. The van der Waals surface area contributed by atoms with Crippen molar-refractivity contribution in [2.75, 3.05) is 0 Å². The van der Waals surface area contributed by atoms with Crippen LogP contribution in [0, 0.1) is 0 Å². The van der Waals surface area contributed by atoms with Crippen LogP contribution in [0.25, 0.3) is 10.9 Å². The number of hydrogen-bond acceptors (Lipinski definition) is 2. The number of benzene rings is 1. The van der Waals surface area contributed by atoms with Crippen LogP contribution >= 0.6 is 0 Å². The Morgan fingerprint density at radius 3 is 2.69 bits per heavy atom. The smallest absolute Gasteiger partial charge is 0.0501 e. The molecule has 0 unspecified atom stereocenters. The van der Waals surface area contributed by atoms with Gasteiger partial charge in [0.25, 0.3) is 0 Å². The van der Waals surface area contributed by atoms with Gasteiger partial charge in [0.15, 0.2) is 0 Å². The largest absolute Gasteiger partial charge is 0.357 e. The predicted octanol–water partition coefficient (Wildman–Crippen LogP) is 1.09. The molecule has 0 aliphatic carbocycles. The average molecular weight is 175 g/mol. The van der Waals surface area contributed by atoms with Crippen LogP contribution in [0.2, 0.25) is 0 Å². The number of aromatic nitrogens is 1. The lowest BCUT2D eigenvalue weighted by Crippen LogP contribution is -1.98. The summed E-state index contributed by atoms with van der Waals surface area (Å²) in [6.45, 7) is 1.10. The summed E-state index contributed by atoms with van der Waals surface area (Å²) >= 11 is 0. The standard InChI is InChI=1S/C10H13N3/c11-5-8-3-1-2-7-4-9(6-12)13-10(7)8/h1-4,13H,5-6,11-12H2. The molecule has 5 N–H and O–H groups in total. The van der Waals surface area contributed by atoms with E-state index in [1.165, 1.54) is 5.39 Å². The first-order valence-corrected chi connectivity index (χ1v) is 4.34. The first-order valence-electron chi connectivity index (χ1n) is 4.34. The lowest BCUT2D eigenvalue weighted by atomic mass is 10.1. The number of nitrogens with one attached hydrogen (secondary N) is 1. The zero-order chi connectivity index (χ0) is 9.26. The summed E-state index contributed by atoms with van der Waals surface area (Å²) in [5, 5.41) is 1.18. The van der Waals surface area contributed by atoms with E-state index >= 15 is 0 Å². The molecule has 0 radical (unpaired) electrons. The van der Waals surface area contributed by atoms with Gasteiger partial charge < -0.3 is 16.5 Å². The monoisotopic (exact) mass is 175 g/mol. The van der Waals surface area contributed by atoms with Gasteiger partial charge in [-0.25, -0.2) is 0 Å². The van der Waals surface area contributed by atoms with Gasteiger partial charge in [-0.05, 0) is 11.6 Å². The normalized spacial score (nSPS) is 10.9. The van der Waals surface area contributed by atoms with Crippen molar-refractivity contribution in [3.05, 3.63) is 35.5 Å². The topological polar surface area (TPSA) is 67.8 Å². The molecule has 0 atom stereocenters. The van der Waals surface area contributed by atoms with Crippen LogP contribution in [0.5, 0.6) is 0 Å². The fraction of sp³-hybridized carbons (Fsp3) is 0.200. The molecule has 0 fully saturated rings. The minimum Gasteiger partial charge on any atom is -0.357 e. The zero-order valence-corrected chi connectivity index (χ0v) is 7.38. The summed E-state index contributed by atoms with van der Waals surface area (Å²) in [4.78, 5) is 3.26. The number of fused-ring (bicyclic) bond motifs is 1. The summed E-state index contributed by atoms with van der Waals surface area (Å²) < 4.78 is 0. The van der Waals surface area contributed by atoms with E-state index in [4.69, 9.17) is 11.5 Å². The van der Waals surface area contributed by atoms with E-state index in [1.54, 1.807) is 0 Å². The summed E-state index contributed by atoms with van der Waals surface area (Å²) in [5.74, 6) is 0. The maximum absolute atomic E-state index is 5.62. The zero-order valence-electron chi connectivity index (χ0n) is 7.38. The highest BCUT2D eigenvalue weighted by molar-refractivity contribution is 5.83. The summed E-state index contributed by atoms with van der Waals surface area (Å²) in [5.41, 5.74) is 14.5. The van der Waals surface area contributed by atoms with Gasteiger partial charge in [0, 0.05) is 24.2 Å². The number of para-hydroxylation sites is 1. The molecule has 13 heavy (non-hydrogen) atoms. The maximum atomic E-state index is 5.62. The van der Waals surface area contributed by atoms with E-state index in [1.807, 2.05) is 12.1 Å². The summed E-state index contributed by atoms with van der Waals surface area (Å²) in [7, 11) is 0. The molecule has 3 heteroatoms. The highest BCUT2D eigenvalue weighted by atomic mass is 14.8. The Morgan fingerprint density at radius 1 is 1.15 bits per heavy atom. The number of nitrogens with two attached hydrogens (primary N) is 2. The molecule has 0 aliphatic heterocycles. The highest BCUT2D eigenvalue weighted by Crippen LogP contribution is 2.18. The van der Waals surface area contributed by atoms with Crippen molar-refractivity contribution in [1.82, 2.24) is 4.98 Å². The van der Waals surface area contributed by atoms with Crippen LogP contribution in [-0.2, 0) is 13.1 Å². The summed E-state index contributed by atoms with van der Waals surface area (Å²) in [6.07, 6.45) is 0. The minimum absolute atomic E-state index is 0.540. The van der Waals surface area contributed by atoms with Crippen molar-refractivity contribution in [2.24, 2.45) is 11.5 Å². The molecule has 0 amide bonds. The Bertz CT molecular complexity index is 417. The Labute approximate surface area is 76.7 Å². The van der Waals surface area contributed by atoms with Crippen molar-refractivity contribution in [3.63, 3.8) is 0 Å². The predicted molar refractivity (Wildman–Crippen MR) is 54.1 cm³/mol. The molecule has 0 saturated heterocycles. The molecule has 68 valence electrons. The molecule has 2 rings (SSSR count). The molecule has 0 bridgehead atoms. The molecule has 3 nitrogen and oxygen atoms in total. The van der Waals surface area contributed by atoms with Crippen molar-refractivity contribution in [1.29, 1.82) is 0 Å². The molecular weight excluding hydrogens is 162 g/mol. The van der Waals surface area contributed by atoms with Crippen molar-refractivity contribution >= 4 is 10.9 Å². The fourth-order valence-electron chi connectivity index (χ4n) is 1.56.